The van der Waals surface area contributed by atoms with Gasteiger partial charge in [-0.15, -0.1) is 0 Å². The Morgan fingerprint density at radius 3 is 2.32 bits per heavy atom. The first-order chi connectivity index (χ1) is 10.5. The number of carbonyl (C=O) groups is 3. The molecule has 7 heteroatoms. The van der Waals surface area contributed by atoms with E-state index in [1.54, 1.807) is 38.1 Å². The molecule has 1 rings (SSSR count). The molecule has 3 amide bonds. The molecule has 0 bridgehead atoms. The van der Waals surface area contributed by atoms with Crippen LogP contribution in [0.4, 0.5) is 0 Å². The molecule has 22 heavy (non-hydrogen) atoms. The fourth-order valence-corrected chi connectivity index (χ4v) is 1.69. The smallest absolute Gasteiger partial charge is 0.251 e. The molecule has 0 saturated heterocycles. The van der Waals surface area contributed by atoms with Gasteiger partial charge >= 0.3 is 0 Å². The van der Waals surface area contributed by atoms with Gasteiger partial charge in [-0.3, -0.25) is 14.4 Å². The van der Waals surface area contributed by atoms with Gasteiger partial charge in [0.05, 0.1) is 13.7 Å². The van der Waals surface area contributed by atoms with Crippen molar-refractivity contribution in [2.24, 2.45) is 0 Å². The number of hydrogen-bond donors (Lipinski definition) is 3. The van der Waals surface area contributed by atoms with Crippen molar-refractivity contribution in [3.63, 3.8) is 0 Å². The molecule has 0 radical (unpaired) electrons. The molecule has 0 saturated carbocycles. The lowest BCUT2D eigenvalue weighted by Crippen LogP contribution is -2.47. The fourth-order valence-electron chi connectivity index (χ4n) is 1.69. The molecule has 0 aliphatic heterocycles. The molecule has 0 fully saturated rings. The maximum Gasteiger partial charge on any atom is 0.251 e. The Bertz CT molecular complexity index is 528. The summed E-state index contributed by atoms with van der Waals surface area (Å²) >= 11 is 0. The minimum absolute atomic E-state index is 0.200. The highest BCUT2D eigenvalue weighted by Gasteiger charge is 2.15. The molecular formula is C15H21N3O4. The first-order valence-corrected chi connectivity index (χ1v) is 6.97. The number of carbonyl (C=O) groups excluding carboxylic acids is 3. The van der Waals surface area contributed by atoms with Crippen LogP contribution in [0.2, 0.25) is 0 Å². The zero-order valence-electron chi connectivity index (χ0n) is 12.9. The molecule has 0 spiro atoms. The van der Waals surface area contributed by atoms with Crippen LogP contribution in [0.25, 0.3) is 0 Å². The lowest BCUT2D eigenvalue weighted by atomic mass is 10.2. The topological polar surface area (TPSA) is 96.5 Å². The number of benzene rings is 1. The van der Waals surface area contributed by atoms with Crippen molar-refractivity contribution in [3.05, 3.63) is 29.8 Å². The lowest BCUT2D eigenvalue weighted by Gasteiger charge is -2.13. The fraction of sp³-hybridized carbons (Fsp3) is 0.400. The average Bonchev–Trinajstić information content (AvgIpc) is 2.52. The largest absolute Gasteiger partial charge is 0.497 e. The van der Waals surface area contributed by atoms with E-state index in [0.717, 1.165) is 0 Å². The second-order valence-electron chi connectivity index (χ2n) is 4.59. The maximum absolute atomic E-state index is 11.9. The van der Waals surface area contributed by atoms with E-state index in [0.29, 0.717) is 17.9 Å². The van der Waals surface area contributed by atoms with Crippen molar-refractivity contribution >= 4 is 17.7 Å². The minimum Gasteiger partial charge on any atom is -0.497 e. The van der Waals surface area contributed by atoms with E-state index >= 15 is 0 Å². The van der Waals surface area contributed by atoms with Gasteiger partial charge < -0.3 is 20.7 Å². The summed E-state index contributed by atoms with van der Waals surface area (Å²) in [5.41, 5.74) is 0.422. The van der Waals surface area contributed by atoms with Crippen LogP contribution >= 0.6 is 0 Å². The summed E-state index contributed by atoms with van der Waals surface area (Å²) in [5.74, 6) is -0.425. The maximum atomic E-state index is 11.9. The number of hydrogen-bond acceptors (Lipinski definition) is 4. The minimum atomic E-state index is -0.648. The molecule has 0 aliphatic rings. The van der Waals surface area contributed by atoms with Crippen LogP contribution in [-0.2, 0) is 9.59 Å². The van der Waals surface area contributed by atoms with Crippen molar-refractivity contribution in [1.82, 2.24) is 16.0 Å². The predicted octanol–water partition coefficient (Wildman–Crippen LogP) is 0.0658. The second-order valence-corrected chi connectivity index (χ2v) is 4.59. The van der Waals surface area contributed by atoms with Crippen molar-refractivity contribution in [1.29, 1.82) is 0 Å². The quantitative estimate of drug-likeness (QED) is 0.664. The Labute approximate surface area is 129 Å². The van der Waals surface area contributed by atoms with Crippen LogP contribution in [0, 0.1) is 0 Å². The summed E-state index contributed by atoms with van der Waals surface area (Å²) < 4.78 is 5.00. The van der Waals surface area contributed by atoms with E-state index < -0.39 is 11.9 Å². The Morgan fingerprint density at radius 1 is 1.14 bits per heavy atom. The predicted molar refractivity (Wildman–Crippen MR) is 81.6 cm³/mol. The molecule has 1 aromatic rings. The molecule has 1 atom stereocenters. The first kappa shape index (κ1) is 17.5. The van der Waals surface area contributed by atoms with Crippen molar-refractivity contribution in [3.8, 4) is 5.75 Å². The zero-order chi connectivity index (χ0) is 16.5. The highest BCUT2D eigenvalue weighted by atomic mass is 16.5. The van der Waals surface area contributed by atoms with Gasteiger partial charge in [-0.2, -0.15) is 0 Å². The number of amides is 3. The number of rotatable bonds is 7. The van der Waals surface area contributed by atoms with Crippen molar-refractivity contribution < 1.29 is 19.1 Å². The standard InChI is InChI=1S/C15H21N3O4/c1-4-16-14(20)10(2)18-13(19)9-17-15(21)11-5-7-12(22-3)8-6-11/h5-8,10H,4,9H2,1-3H3,(H,16,20)(H,17,21)(H,18,19). The van der Waals surface area contributed by atoms with Crippen molar-refractivity contribution in [2.75, 3.05) is 20.2 Å². The Hall–Kier alpha value is -2.57. The third-order valence-corrected chi connectivity index (χ3v) is 2.88. The van der Waals surface area contributed by atoms with Gasteiger partial charge in [-0.25, -0.2) is 0 Å². The van der Waals surface area contributed by atoms with Gasteiger partial charge in [-0.05, 0) is 38.1 Å². The van der Waals surface area contributed by atoms with Crippen molar-refractivity contribution in [2.45, 2.75) is 19.9 Å². The van der Waals surface area contributed by atoms with E-state index in [2.05, 4.69) is 16.0 Å². The van der Waals surface area contributed by atoms with Gasteiger partial charge in [0.25, 0.3) is 5.91 Å². The molecule has 0 aromatic heterocycles. The second kappa shape index (κ2) is 8.66. The lowest BCUT2D eigenvalue weighted by molar-refractivity contribution is -0.128. The van der Waals surface area contributed by atoms with Gasteiger partial charge in [0.2, 0.25) is 11.8 Å². The summed E-state index contributed by atoms with van der Waals surface area (Å²) in [6.45, 7) is 3.66. The van der Waals surface area contributed by atoms with Gasteiger partial charge in [-0.1, -0.05) is 0 Å². The molecule has 1 aromatic carbocycles. The SMILES string of the molecule is CCNC(=O)C(C)NC(=O)CNC(=O)c1ccc(OC)cc1. The third-order valence-electron chi connectivity index (χ3n) is 2.88. The zero-order valence-corrected chi connectivity index (χ0v) is 12.9. The van der Waals surface area contributed by atoms with Crippen LogP contribution in [-0.4, -0.2) is 44.0 Å². The normalized spacial score (nSPS) is 11.2. The Morgan fingerprint density at radius 2 is 1.77 bits per heavy atom. The van der Waals surface area contributed by atoms with Gasteiger partial charge in [0.15, 0.2) is 0 Å². The highest BCUT2D eigenvalue weighted by Crippen LogP contribution is 2.10. The van der Waals surface area contributed by atoms with Crippen LogP contribution in [0.1, 0.15) is 24.2 Å². The van der Waals surface area contributed by atoms with Gasteiger partial charge in [0, 0.05) is 12.1 Å². The molecule has 120 valence electrons. The van der Waals surface area contributed by atoms with Crippen LogP contribution in [0.15, 0.2) is 24.3 Å². The van der Waals surface area contributed by atoms with Crippen LogP contribution in [0.5, 0.6) is 5.75 Å². The van der Waals surface area contributed by atoms with Crippen LogP contribution < -0.4 is 20.7 Å². The summed E-state index contributed by atoms with van der Waals surface area (Å²) in [6, 6.07) is 5.87. The monoisotopic (exact) mass is 307 g/mol. The highest BCUT2D eigenvalue weighted by molar-refractivity contribution is 5.97. The molecule has 7 nitrogen and oxygen atoms in total. The number of nitrogens with one attached hydrogen (secondary N) is 3. The number of ether oxygens (including phenoxy) is 1. The Balaban J connectivity index is 2.42. The van der Waals surface area contributed by atoms with E-state index in [1.807, 2.05) is 0 Å². The van der Waals surface area contributed by atoms with Gasteiger partial charge in [0.1, 0.15) is 11.8 Å². The van der Waals surface area contributed by atoms with Crippen LogP contribution in [0.3, 0.4) is 0 Å². The van der Waals surface area contributed by atoms with E-state index in [1.165, 1.54) is 7.11 Å². The van der Waals surface area contributed by atoms with E-state index in [9.17, 15) is 14.4 Å². The molecular weight excluding hydrogens is 286 g/mol. The Kier molecular flexibility index (Phi) is 6.88. The summed E-state index contributed by atoms with van der Waals surface area (Å²) in [7, 11) is 1.54. The third kappa shape index (κ3) is 5.43. The van der Waals surface area contributed by atoms with E-state index in [4.69, 9.17) is 4.74 Å². The molecule has 0 aliphatic carbocycles. The van der Waals surface area contributed by atoms with E-state index in [-0.39, 0.29) is 18.4 Å². The summed E-state index contributed by atoms with van der Waals surface area (Å²) in [4.78, 5) is 35.0. The number of likely N-dealkylation sites (N-methyl/N-ethyl adjacent to an activating group) is 1. The summed E-state index contributed by atoms with van der Waals surface area (Å²) in [6.07, 6.45) is 0. The molecule has 3 N–H and O–H groups in total. The summed E-state index contributed by atoms with van der Waals surface area (Å²) in [5, 5.41) is 7.59. The molecule has 1 unspecified atom stereocenters. The number of methoxy groups -OCH3 is 1. The average molecular weight is 307 g/mol. The first-order valence-electron chi connectivity index (χ1n) is 6.97. The molecule has 0 heterocycles.